The van der Waals surface area contributed by atoms with Crippen LogP contribution < -0.4 is 0 Å². The molecule has 0 spiro atoms. The van der Waals surface area contributed by atoms with Gasteiger partial charge >= 0.3 is 6.08 Å². The van der Waals surface area contributed by atoms with Gasteiger partial charge in [0.1, 0.15) is 5.94 Å². The Balaban J connectivity index is 0. The second-order valence-corrected chi connectivity index (χ2v) is 0.997. The van der Waals surface area contributed by atoms with Crippen molar-refractivity contribution in [1.29, 1.82) is 0 Å². The van der Waals surface area contributed by atoms with E-state index in [1.807, 2.05) is 0 Å². The average Bonchev–Trinajstić information content (AvgIpc) is 1.68. The third-order valence-electron chi connectivity index (χ3n) is 0.143. The monoisotopic (exact) mass is 158 g/mol. The maximum atomic E-state index is 10.7. The third kappa shape index (κ3) is 18.9. The van der Waals surface area contributed by atoms with Crippen molar-refractivity contribution in [2.24, 2.45) is 0 Å². The molecular weight excluding hydrogens is 156 g/mol. The highest BCUT2D eigenvalue weighted by Gasteiger charge is 1.95. The molecule has 0 aromatic rings. The summed E-state index contributed by atoms with van der Waals surface area (Å²) in [5.74, 6) is 1.25. The normalized spacial score (nSPS) is 6.22. The number of hydrogen-bond donors (Lipinski definition) is 0. The lowest BCUT2D eigenvalue weighted by Gasteiger charge is -1.70. The predicted octanol–water partition coefficient (Wildman–Crippen LogP) is 2.26. The van der Waals surface area contributed by atoms with Gasteiger partial charge < -0.3 is 0 Å². The summed E-state index contributed by atoms with van der Waals surface area (Å²) in [6.45, 7) is 2.68. The fourth-order valence-electron chi connectivity index (χ4n) is 0. The molecule has 0 aromatic heterocycles. The van der Waals surface area contributed by atoms with E-state index in [9.17, 15) is 13.2 Å². The third-order valence-corrected chi connectivity index (χ3v) is 0.286. The van der Waals surface area contributed by atoms with E-state index in [4.69, 9.17) is 4.79 Å². The second kappa shape index (κ2) is 7.27. The van der Waals surface area contributed by atoms with Crippen molar-refractivity contribution in [3.8, 4) is 0 Å². The van der Waals surface area contributed by atoms with E-state index in [1.54, 1.807) is 0 Å². The Hall–Kier alpha value is -0.730. The lowest BCUT2D eigenvalue weighted by molar-refractivity contribution is 0.393. The van der Waals surface area contributed by atoms with Gasteiger partial charge in [-0.1, -0.05) is 0 Å². The molecule has 1 nitrogen and oxygen atoms in total. The molecule has 5 heteroatoms. The van der Waals surface area contributed by atoms with Crippen LogP contribution in [0.5, 0.6) is 0 Å². The maximum Gasteiger partial charge on any atom is 0.317 e. The highest BCUT2D eigenvalue weighted by molar-refractivity contribution is 6.28. The quantitative estimate of drug-likeness (QED) is 0.494. The molecule has 0 radical (unpaired) electrons. The summed E-state index contributed by atoms with van der Waals surface area (Å²) in [5.41, 5.74) is 0. The minimum atomic E-state index is -2.48. The molecule has 0 fully saturated rings. The molecule has 9 heavy (non-hydrogen) atoms. The van der Waals surface area contributed by atoms with Gasteiger partial charge in [-0.2, -0.15) is 13.2 Å². The molecule has 0 saturated carbocycles. The topological polar surface area (TPSA) is 17.1 Å². The zero-order valence-corrected chi connectivity index (χ0v) is 4.88. The van der Waals surface area contributed by atoms with Crippen molar-refractivity contribution in [3.05, 3.63) is 17.9 Å². The van der Waals surface area contributed by atoms with Crippen molar-refractivity contribution in [1.82, 2.24) is 0 Å². The highest BCUT2D eigenvalue weighted by atomic mass is 35.5. The van der Waals surface area contributed by atoms with Crippen molar-refractivity contribution < 1.29 is 18.0 Å². The van der Waals surface area contributed by atoms with Crippen LogP contribution in [0, 0.1) is 0 Å². The van der Waals surface area contributed by atoms with Gasteiger partial charge in [-0.05, 0) is 18.2 Å². The van der Waals surface area contributed by atoms with Crippen LogP contribution in [0.4, 0.5) is 13.2 Å². The summed E-state index contributed by atoms with van der Waals surface area (Å²) in [6.07, 6.45) is -2.48. The first-order chi connectivity index (χ1) is 4.06. The Kier molecular flexibility index (Phi) is 8.98. The SMILES string of the molecule is C=C=O.FC(F)=C(F)Cl. The molecule has 0 aliphatic rings. The minimum Gasteiger partial charge on any atom is -0.234 e. The Morgan fingerprint density at radius 1 is 1.44 bits per heavy atom. The van der Waals surface area contributed by atoms with Crippen LogP contribution >= 0.6 is 11.6 Å². The van der Waals surface area contributed by atoms with E-state index >= 15 is 0 Å². The van der Waals surface area contributed by atoms with Crippen LogP contribution in [-0.2, 0) is 4.79 Å². The van der Waals surface area contributed by atoms with Crippen LogP contribution in [0.15, 0.2) is 17.9 Å². The molecule has 0 bridgehead atoms. The molecule has 0 saturated heterocycles. The molecular formula is C4H2ClF3O. The number of hydrogen-bond acceptors (Lipinski definition) is 1. The van der Waals surface area contributed by atoms with Gasteiger partial charge in [0.2, 0.25) is 0 Å². The molecule has 0 heterocycles. The van der Waals surface area contributed by atoms with Crippen LogP contribution in [0.2, 0.25) is 0 Å². The molecule has 0 aliphatic heterocycles. The number of rotatable bonds is 0. The van der Waals surface area contributed by atoms with Crippen LogP contribution in [0.25, 0.3) is 0 Å². The first kappa shape index (κ1) is 11.1. The second-order valence-electron chi connectivity index (χ2n) is 0.665. The lowest BCUT2D eigenvalue weighted by atomic mass is 11.1. The minimum absolute atomic E-state index is 1.25. The van der Waals surface area contributed by atoms with E-state index in [-0.39, 0.29) is 0 Å². The number of carbonyl (C=O) groups excluding carboxylic acids is 1. The summed E-state index contributed by atoms with van der Waals surface area (Å²) >= 11 is 4.08. The molecule has 0 amide bonds. The first-order valence-corrected chi connectivity index (χ1v) is 1.94. The van der Waals surface area contributed by atoms with Gasteiger partial charge in [-0.25, -0.2) is 4.79 Å². The Morgan fingerprint density at radius 3 is 1.56 bits per heavy atom. The van der Waals surface area contributed by atoms with Crippen molar-refractivity contribution >= 4 is 17.5 Å². The van der Waals surface area contributed by atoms with E-state index in [0.717, 1.165) is 0 Å². The molecule has 0 N–H and O–H groups in total. The van der Waals surface area contributed by atoms with E-state index in [0.29, 0.717) is 0 Å². The van der Waals surface area contributed by atoms with Crippen molar-refractivity contribution in [2.75, 3.05) is 0 Å². The highest BCUT2D eigenvalue weighted by Crippen LogP contribution is 2.11. The van der Waals surface area contributed by atoms with E-state index in [1.165, 1.54) is 5.94 Å². The Morgan fingerprint density at radius 2 is 1.56 bits per heavy atom. The Labute approximate surface area is 54.4 Å². The zero-order valence-electron chi connectivity index (χ0n) is 4.13. The van der Waals surface area contributed by atoms with Crippen LogP contribution in [-0.4, -0.2) is 5.94 Å². The summed E-state index contributed by atoms with van der Waals surface area (Å²) in [7, 11) is 0. The maximum absolute atomic E-state index is 10.7. The van der Waals surface area contributed by atoms with Gasteiger partial charge in [0.25, 0.3) is 5.29 Å². The van der Waals surface area contributed by atoms with E-state index < -0.39 is 11.4 Å². The van der Waals surface area contributed by atoms with Gasteiger partial charge in [0, 0.05) is 0 Å². The van der Waals surface area contributed by atoms with Gasteiger partial charge in [0.15, 0.2) is 0 Å². The lowest BCUT2D eigenvalue weighted by Crippen LogP contribution is -1.54. The Bertz CT molecular complexity index is 119. The van der Waals surface area contributed by atoms with Gasteiger partial charge in [-0.3, -0.25) is 0 Å². The molecule has 0 atom stereocenters. The fourth-order valence-corrected chi connectivity index (χ4v) is 0. The predicted molar refractivity (Wildman–Crippen MR) is 27.5 cm³/mol. The molecule has 0 rings (SSSR count). The van der Waals surface area contributed by atoms with Crippen LogP contribution in [0.1, 0.15) is 0 Å². The fraction of sp³-hybridized carbons (Fsp3) is 0. The van der Waals surface area contributed by atoms with Gasteiger partial charge in [0.05, 0.1) is 0 Å². The first-order valence-electron chi connectivity index (χ1n) is 1.56. The van der Waals surface area contributed by atoms with E-state index in [2.05, 4.69) is 18.2 Å². The van der Waals surface area contributed by atoms with Crippen molar-refractivity contribution in [3.63, 3.8) is 0 Å². The van der Waals surface area contributed by atoms with Gasteiger partial charge in [-0.15, -0.1) is 0 Å². The molecule has 0 aliphatic carbocycles. The largest absolute Gasteiger partial charge is 0.317 e. The van der Waals surface area contributed by atoms with Crippen molar-refractivity contribution in [2.45, 2.75) is 0 Å². The molecule has 0 unspecified atom stereocenters. The molecule has 0 aromatic carbocycles. The summed E-state index contributed by atoms with van der Waals surface area (Å²) in [5, 5.41) is -1.94. The smallest absolute Gasteiger partial charge is 0.234 e. The zero-order chi connectivity index (χ0) is 7.86. The molecule has 52 valence electrons. The summed E-state index contributed by atoms with van der Waals surface area (Å²) in [6, 6.07) is 0. The summed E-state index contributed by atoms with van der Waals surface area (Å²) < 4.78 is 31.8. The summed E-state index contributed by atoms with van der Waals surface area (Å²) in [4.78, 5) is 8.57. The van der Waals surface area contributed by atoms with Crippen LogP contribution in [0.3, 0.4) is 0 Å². The number of halogens is 4. The standard InChI is InChI=1S/C2ClF3.C2H2O/c3-1(4)2(5)6;1-2-3/h;1H2. The average molecular weight is 159 g/mol.